The highest BCUT2D eigenvalue weighted by Gasteiger charge is 2.46. The summed E-state index contributed by atoms with van der Waals surface area (Å²) in [5, 5.41) is 8.07. The van der Waals surface area contributed by atoms with Crippen LogP contribution in [0.2, 0.25) is 0 Å². The van der Waals surface area contributed by atoms with Crippen molar-refractivity contribution >= 4 is 12.1 Å². The number of aromatic nitrogens is 2. The summed E-state index contributed by atoms with van der Waals surface area (Å²) in [4.78, 5) is 15.3. The lowest BCUT2D eigenvalue weighted by Gasteiger charge is -2.39. The van der Waals surface area contributed by atoms with E-state index < -0.39 is 0 Å². The van der Waals surface area contributed by atoms with Crippen molar-refractivity contribution in [2.24, 2.45) is 11.3 Å². The van der Waals surface area contributed by atoms with Gasteiger partial charge in [0, 0.05) is 13.1 Å². The monoisotopic (exact) mass is 528 g/mol. The third-order valence-corrected chi connectivity index (χ3v) is 8.95. The number of hydrogen-bond acceptors (Lipinski definition) is 3. The van der Waals surface area contributed by atoms with Crippen LogP contribution in [0.25, 0.3) is 11.8 Å². The van der Waals surface area contributed by atoms with Crippen molar-refractivity contribution in [2.75, 3.05) is 13.1 Å². The Morgan fingerprint density at radius 2 is 1.85 bits per heavy atom. The SMILES string of the molecule is CC1CN(C(=O)NC(CC2CCC3=Cc4c(cnn4-c4ccc(F)cc4)CC32C)c2ccccc2)CC(C)O1. The number of benzene rings is 2. The zero-order valence-electron chi connectivity index (χ0n) is 22.9. The van der Waals surface area contributed by atoms with Crippen LogP contribution >= 0.6 is 0 Å². The first kappa shape index (κ1) is 25.8. The van der Waals surface area contributed by atoms with E-state index >= 15 is 0 Å². The van der Waals surface area contributed by atoms with Crippen molar-refractivity contribution in [1.82, 2.24) is 20.0 Å². The molecule has 7 heteroatoms. The van der Waals surface area contributed by atoms with E-state index in [9.17, 15) is 9.18 Å². The van der Waals surface area contributed by atoms with Gasteiger partial charge in [0.2, 0.25) is 0 Å². The molecule has 2 aliphatic carbocycles. The van der Waals surface area contributed by atoms with E-state index in [4.69, 9.17) is 4.74 Å². The minimum absolute atomic E-state index is 0.00338. The standard InChI is InChI=1S/C32H37FN4O2/c1-21-19-36(20-22(2)39-21)31(38)35-29(23-7-5-4-6-8-23)15-25-9-10-26-16-30-24(17-32(25,26)3)18-34-37(30)28-13-11-27(33)12-14-28/h4-8,11-14,16,18,21-22,25,29H,9-10,15,17,19-20H2,1-3H3,(H,35,38). The lowest BCUT2D eigenvalue weighted by atomic mass is 9.68. The lowest BCUT2D eigenvalue weighted by Crippen LogP contribution is -2.52. The fourth-order valence-electron chi connectivity index (χ4n) is 6.93. The van der Waals surface area contributed by atoms with Gasteiger partial charge in [0.25, 0.3) is 0 Å². The maximum Gasteiger partial charge on any atom is 0.318 e. The number of halogens is 1. The molecule has 1 saturated heterocycles. The van der Waals surface area contributed by atoms with Gasteiger partial charge in [0.05, 0.1) is 35.8 Å². The molecule has 0 radical (unpaired) electrons. The molecule has 5 atom stereocenters. The number of amides is 2. The first-order valence-corrected chi connectivity index (χ1v) is 14.1. The number of nitrogens with one attached hydrogen (secondary N) is 1. The largest absolute Gasteiger partial charge is 0.372 e. The van der Waals surface area contributed by atoms with Gasteiger partial charge >= 0.3 is 6.03 Å². The molecule has 5 unspecified atom stereocenters. The van der Waals surface area contributed by atoms with Crippen LogP contribution in [0.3, 0.4) is 0 Å². The van der Waals surface area contributed by atoms with Crippen molar-refractivity contribution in [3.8, 4) is 5.69 Å². The van der Waals surface area contributed by atoms with Crippen LogP contribution in [0.5, 0.6) is 0 Å². The fourth-order valence-corrected chi connectivity index (χ4v) is 6.93. The highest BCUT2D eigenvalue weighted by molar-refractivity contribution is 5.75. The molecule has 1 aliphatic heterocycles. The van der Waals surface area contributed by atoms with Gasteiger partial charge < -0.3 is 15.0 Å². The third-order valence-electron chi connectivity index (χ3n) is 8.95. The third kappa shape index (κ3) is 5.00. The van der Waals surface area contributed by atoms with Crippen molar-refractivity contribution in [3.05, 3.63) is 89.0 Å². The van der Waals surface area contributed by atoms with Gasteiger partial charge in [-0.25, -0.2) is 13.9 Å². The van der Waals surface area contributed by atoms with E-state index in [1.165, 1.54) is 23.3 Å². The van der Waals surface area contributed by atoms with E-state index in [1.807, 2.05) is 47.8 Å². The van der Waals surface area contributed by atoms with Crippen molar-refractivity contribution in [1.29, 1.82) is 0 Å². The molecule has 1 aromatic heterocycles. The molecule has 2 fully saturated rings. The normalized spacial score (nSPS) is 26.9. The van der Waals surface area contributed by atoms with Crippen LogP contribution in [0, 0.1) is 17.2 Å². The van der Waals surface area contributed by atoms with Crippen LogP contribution in [0.15, 0.2) is 66.4 Å². The highest BCUT2D eigenvalue weighted by Crippen LogP contribution is 2.55. The molecule has 3 aromatic rings. The van der Waals surface area contributed by atoms with Crippen LogP contribution in [-0.2, 0) is 11.2 Å². The molecular formula is C32H37FN4O2. The molecule has 2 amide bonds. The second kappa shape index (κ2) is 10.3. The summed E-state index contributed by atoms with van der Waals surface area (Å²) in [6.45, 7) is 7.63. The van der Waals surface area contributed by atoms with Gasteiger partial charge in [0.15, 0.2) is 0 Å². The zero-order chi connectivity index (χ0) is 27.1. The van der Waals surface area contributed by atoms with Crippen LogP contribution in [0.1, 0.15) is 62.9 Å². The maximum atomic E-state index is 13.5. The predicted octanol–water partition coefficient (Wildman–Crippen LogP) is 6.32. The molecule has 39 heavy (non-hydrogen) atoms. The molecule has 1 N–H and O–H groups in total. The smallest absolute Gasteiger partial charge is 0.318 e. The number of carbonyl (C=O) groups is 1. The first-order chi connectivity index (χ1) is 18.8. The van der Waals surface area contributed by atoms with Crippen molar-refractivity contribution in [2.45, 2.75) is 64.7 Å². The van der Waals surface area contributed by atoms with E-state index in [0.717, 1.165) is 42.6 Å². The van der Waals surface area contributed by atoms with E-state index in [2.05, 4.69) is 35.5 Å². The van der Waals surface area contributed by atoms with Crippen LogP contribution < -0.4 is 5.32 Å². The summed E-state index contributed by atoms with van der Waals surface area (Å²) in [6.07, 6.45) is 8.23. The summed E-state index contributed by atoms with van der Waals surface area (Å²) in [7, 11) is 0. The lowest BCUT2D eigenvalue weighted by molar-refractivity contribution is -0.0548. The van der Waals surface area contributed by atoms with Crippen LogP contribution in [-0.4, -0.2) is 46.0 Å². The molecule has 2 aromatic carbocycles. The predicted molar refractivity (Wildman–Crippen MR) is 150 cm³/mol. The number of allylic oxidation sites excluding steroid dienone is 1. The minimum atomic E-state index is -0.248. The number of nitrogens with zero attached hydrogens (tertiary/aromatic N) is 3. The van der Waals surface area contributed by atoms with Gasteiger partial charge in [-0.2, -0.15) is 5.10 Å². The van der Waals surface area contributed by atoms with Crippen molar-refractivity contribution in [3.63, 3.8) is 0 Å². The molecule has 0 spiro atoms. The molecule has 6 rings (SSSR count). The molecule has 1 saturated carbocycles. The Labute approximate surface area is 229 Å². The average molecular weight is 529 g/mol. The van der Waals surface area contributed by atoms with Gasteiger partial charge in [0.1, 0.15) is 5.82 Å². The summed E-state index contributed by atoms with van der Waals surface area (Å²) in [6, 6.07) is 16.8. The van der Waals surface area contributed by atoms with E-state index in [-0.39, 0.29) is 35.5 Å². The number of carbonyl (C=O) groups excluding carboxylic acids is 1. The van der Waals surface area contributed by atoms with Crippen molar-refractivity contribution < 1.29 is 13.9 Å². The Balaban J connectivity index is 1.24. The maximum absolute atomic E-state index is 13.5. The van der Waals surface area contributed by atoms with Gasteiger partial charge in [-0.05, 0) is 92.3 Å². The van der Waals surface area contributed by atoms with E-state index in [0.29, 0.717) is 19.0 Å². The fraction of sp³-hybridized carbons (Fsp3) is 0.438. The number of rotatable bonds is 5. The number of morpholine rings is 1. The molecule has 2 heterocycles. The number of fused-ring (bicyclic) bond motifs is 2. The number of hydrogen-bond donors (Lipinski definition) is 1. The first-order valence-electron chi connectivity index (χ1n) is 14.1. The Morgan fingerprint density at radius 1 is 1.13 bits per heavy atom. The minimum Gasteiger partial charge on any atom is -0.372 e. The van der Waals surface area contributed by atoms with Gasteiger partial charge in [-0.3, -0.25) is 0 Å². The number of urea groups is 1. The highest BCUT2D eigenvalue weighted by atomic mass is 19.1. The Bertz CT molecular complexity index is 1360. The summed E-state index contributed by atoms with van der Waals surface area (Å²) in [5.41, 5.74) is 5.77. The summed E-state index contributed by atoms with van der Waals surface area (Å²) < 4.78 is 21.3. The summed E-state index contributed by atoms with van der Waals surface area (Å²) in [5.74, 6) is 0.168. The molecule has 0 bridgehead atoms. The quantitative estimate of drug-likeness (QED) is 0.422. The Morgan fingerprint density at radius 3 is 2.56 bits per heavy atom. The second-order valence-electron chi connectivity index (χ2n) is 11.8. The molecule has 3 aliphatic rings. The van der Waals surface area contributed by atoms with E-state index in [1.54, 1.807) is 12.1 Å². The van der Waals surface area contributed by atoms with Crippen LogP contribution in [0.4, 0.5) is 9.18 Å². The average Bonchev–Trinajstić information content (AvgIpc) is 3.46. The van der Waals surface area contributed by atoms with Gasteiger partial charge in [-0.1, -0.05) is 42.8 Å². The summed E-state index contributed by atoms with van der Waals surface area (Å²) >= 11 is 0. The van der Waals surface area contributed by atoms with Gasteiger partial charge in [-0.15, -0.1) is 0 Å². The number of ether oxygens (including phenoxy) is 1. The zero-order valence-corrected chi connectivity index (χ0v) is 22.9. The topological polar surface area (TPSA) is 59.4 Å². The molecule has 204 valence electrons. The Hall–Kier alpha value is -3.45. The Kier molecular flexibility index (Phi) is 6.79. The second-order valence-corrected chi connectivity index (χ2v) is 11.8. The molecular weight excluding hydrogens is 491 g/mol. The molecule has 6 nitrogen and oxygen atoms in total.